The SMILES string of the molecule is Cc1cccc(N)c1Nc1ccc(Br)cc1C#N. The van der Waals surface area contributed by atoms with Gasteiger partial charge in [-0.25, -0.2) is 0 Å². The van der Waals surface area contributed by atoms with Crippen LogP contribution in [0.2, 0.25) is 0 Å². The lowest BCUT2D eigenvalue weighted by molar-refractivity contribution is 1.41. The summed E-state index contributed by atoms with van der Waals surface area (Å²) in [6, 6.07) is 13.4. The van der Waals surface area contributed by atoms with Crippen LogP contribution in [0.1, 0.15) is 11.1 Å². The molecule has 0 saturated carbocycles. The standard InChI is InChI=1S/C14H12BrN3/c1-9-3-2-4-12(17)14(9)18-13-6-5-11(15)7-10(13)8-16/h2-7,18H,17H2,1H3. The summed E-state index contributed by atoms with van der Waals surface area (Å²) >= 11 is 3.35. The maximum Gasteiger partial charge on any atom is 0.101 e. The Morgan fingerprint density at radius 1 is 1.28 bits per heavy atom. The molecule has 0 saturated heterocycles. The van der Waals surface area contributed by atoms with Crippen LogP contribution in [0.15, 0.2) is 40.9 Å². The molecule has 0 radical (unpaired) electrons. The van der Waals surface area contributed by atoms with Crippen LogP contribution in [0.3, 0.4) is 0 Å². The average Bonchev–Trinajstić information content (AvgIpc) is 2.35. The van der Waals surface area contributed by atoms with Gasteiger partial charge in [0.25, 0.3) is 0 Å². The molecule has 18 heavy (non-hydrogen) atoms. The number of para-hydroxylation sites is 1. The maximum absolute atomic E-state index is 9.12. The molecule has 90 valence electrons. The summed E-state index contributed by atoms with van der Waals surface area (Å²) in [7, 11) is 0. The van der Waals surface area contributed by atoms with E-state index in [4.69, 9.17) is 11.0 Å². The normalized spacial score (nSPS) is 9.83. The Morgan fingerprint density at radius 3 is 2.72 bits per heavy atom. The van der Waals surface area contributed by atoms with Crippen molar-refractivity contribution in [2.75, 3.05) is 11.1 Å². The van der Waals surface area contributed by atoms with E-state index in [1.54, 1.807) is 6.07 Å². The molecule has 2 rings (SSSR count). The molecule has 0 heterocycles. The summed E-state index contributed by atoms with van der Waals surface area (Å²) in [5.74, 6) is 0. The number of hydrogen-bond donors (Lipinski definition) is 2. The van der Waals surface area contributed by atoms with Crippen LogP contribution in [0, 0.1) is 18.3 Å². The fraction of sp³-hybridized carbons (Fsp3) is 0.0714. The molecule has 0 bridgehead atoms. The highest BCUT2D eigenvalue weighted by Crippen LogP contribution is 2.29. The molecule has 0 atom stereocenters. The summed E-state index contributed by atoms with van der Waals surface area (Å²) in [5.41, 5.74) is 9.82. The van der Waals surface area contributed by atoms with Crippen molar-refractivity contribution in [1.82, 2.24) is 0 Å². The predicted molar refractivity (Wildman–Crippen MR) is 77.7 cm³/mol. The number of halogens is 1. The topological polar surface area (TPSA) is 61.8 Å². The fourth-order valence-corrected chi connectivity index (χ4v) is 2.07. The van der Waals surface area contributed by atoms with Gasteiger partial charge in [0.15, 0.2) is 0 Å². The van der Waals surface area contributed by atoms with Crippen LogP contribution >= 0.6 is 15.9 Å². The fourth-order valence-electron chi connectivity index (χ4n) is 1.71. The minimum Gasteiger partial charge on any atom is -0.397 e. The van der Waals surface area contributed by atoms with Crippen molar-refractivity contribution in [3.63, 3.8) is 0 Å². The van der Waals surface area contributed by atoms with Gasteiger partial charge in [-0.3, -0.25) is 0 Å². The lowest BCUT2D eigenvalue weighted by Crippen LogP contribution is -2.00. The van der Waals surface area contributed by atoms with Crippen molar-refractivity contribution >= 4 is 33.0 Å². The van der Waals surface area contributed by atoms with Crippen molar-refractivity contribution in [3.8, 4) is 6.07 Å². The first-order valence-electron chi connectivity index (χ1n) is 5.43. The second-order valence-corrected chi connectivity index (χ2v) is 4.88. The summed E-state index contributed by atoms with van der Waals surface area (Å²) < 4.78 is 0.877. The first kappa shape index (κ1) is 12.5. The third kappa shape index (κ3) is 2.47. The highest BCUT2D eigenvalue weighted by molar-refractivity contribution is 9.10. The van der Waals surface area contributed by atoms with E-state index in [1.807, 2.05) is 37.3 Å². The zero-order valence-electron chi connectivity index (χ0n) is 9.87. The number of hydrogen-bond acceptors (Lipinski definition) is 3. The molecule has 4 heteroatoms. The number of benzene rings is 2. The van der Waals surface area contributed by atoms with E-state index in [-0.39, 0.29) is 0 Å². The van der Waals surface area contributed by atoms with Crippen LogP contribution in [-0.4, -0.2) is 0 Å². The zero-order chi connectivity index (χ0) is 13.1. The minimum absolute atomic E-state index is 0.576. The predicted octanol–water partition coefficient (Wildman–Crippen LogP) is 3.96. The number of nitrogens with two attached hydrogens (primary N) is 1. The van der Waals surface area contributed by atoms with E-state index < -0.39 is 0 Å². The summed E-state index contributed by atoms with van der Waals surface area (Å²) in [5, 5.41) is 12.3. The Hall–Kier alpha value is -1.99. The number of rotatable bonds is 2. The number of aryl methyl sites for hydroxylation is 1. The molecular formula is C14H12BrN3. The van der Waals surface area contributed by atoms with Gasteiger partial charge in [-0.15, -0.1) is 0 Å². The van der Waals surface area contributed by atoms with E-state index in [0.29, 0.717) is 11.3 Å². The van der Waals surface area contributed by atoms with Gasteiger partial charge in [0.2, 0.25) is 0 Å². The highest BCUT2D eigenvalue weighted by Gasteiger charge is 2.07. The Balaban J connectivity index is 2.44. The summed E-state index contributed by atoms with van der Waals surface area (Å²) in [6.45, 7) is 1.98. The molecule has 3 nitrogen and oxygen atoms in total. The molecule has 0 fully saturated rings. The minimum atomic E-state index is 0.576. The molecule has 0 aliphatic heterocycles. The van der Waals surface area contributed by atoms with Gasteiger partial charge in [-0.05, 0) is 36.8 Å². The van der Waals surface area contributed by atoms with E-state index in [2.05, 4.69) is 27.3 Å². The molecule has 3 N–H and O–H groups in total. The van der Waals surface area contributed by atoms with Gasteiger partial charge in [-0.1, -0.05) is 28.1 Å². The first-order valence-corrected chi connectivity index (χ1v) is 6.23. The maximum atomic E-state index is 9.12. The van der Waals surface area contributed by atoms with Crippen LogP contribution < -0.4 is 11.1 Å². The molecule has 0 aromatic heterocycles. The molecule has 2 aromatic rings. The van der Waals surface area contributed by atoms with Crippen LogP contribution in [0.5, 0.6) is 0 Å². The van der Waals surface area contributed by atoms with Crippen LogP contribution in [0.25, 0.3) is 0 Å². The molecule has 2 aromatic carbocycles. The zero-order valence-corrected chi connectivity index (χ0v) is 11.5. The molecular weight excluding hydrogens is 290 g/mol. The third-order valence-corrected chi connectivity index (χ3v) is 3.16. The smallest absolute Gasteiger partial charge is 0.101 e. The monoisotopic (exact) mass is 301 g/mol. The molecule has 0 unspecified atom stereocenters. The van der Waals surface area contributed by atoms with Gasteiger partial charge in [-0.2, -0.15) is 5.26 Å². The first-order chi connectivity index (χ1) is 8.61. The quantitative estimate of drug-likeness (QED) is 0.826. The summed E-state index contributed by atoms with van der Waals surface area (Å²) in [4.78, 5) is 0. The van der Waals surface area contributed by atoms with E-state index in [9.17, 15) is 0 Å². The van der Waals surface area contributed by atoms with E-state index >= 15 is 0 Å². The number of nitriles is 1. The Morgan fingerprint density at radius 2 is 2.06 bits per heavy atom. The Bertz CT molecular complexity index is 609. The highest BCUT2D eigenvalue weighted by atomic mass is 79.9. The number of nitrogen functional groups attached to an aromatic ring is 1. The third-order valence-electron chi connectivity index (χ3n) is 2.67. The number of nitrogens with zero attached hydrogens (tertiary/aromatic N) is 1. The largest absolute Gasteiger partial charge is 0.397 e. The van der Waals surface area contributed by atoms with Gasteiger partial charge < -0.3 is 11.1 Å². The van der Waals surface area contributed by atoms with Gasteiger partial charge in [0, 0.05) is 4.47 Å². The average molecular weight is 302 g/mol. The van der Waals surface area contributed by atoms with Crippen molar-refractivity contribution in [2.45, 2.75) is 6.92 Å². The summed E-state index contributed by atoms with van der Waals surface area (Å²) in [6.07, 6.45) is 0. The lowest BCUT2D eigenvalue weighted by atomic mass is 10.1. The van der Waals surface area contributed by atoms with Crippen LogP contribution in [0.4, 0.5) is 17.1 Å². The Labute approximate surface area is 114 Å². The number of nitrogens with one attached hydrogen (secondary N) is 1. The molecule has 0 spiro atoms. The lowest BCUT2D eigenvalue weighted by Gasteiger charge is -2.13. The van der Waals surface area contributed by atoms with Gasteiger partial charge >= 0.3 is 0 Å². The second-order valence-electron chi connectivity index (χ2n) is 3.97. The molecule has 0 aliphatic carbocycles. The number of anilines is 3. The molecule has 0 amide bonds. The second kappa shape index (κ2) is 5.11. The van der Waals surface area contributed by atoms with Crippen molar-refractivity contribution in [1.29, 1.82) is 5.26 Å². The van der Waals surface area contributed by atoms with Gasteiger partial charge in [0.1, 0.15) is 6.07 Å². The van der Waals surface area contributed by atoms with E-state index in [1.165, 1.54) is 0 Å². The molecule has 0 aliphatic rings. The van der Waals surface area contributed by atoms with E-state index in [0.717, 1.165) is 21.4 Å². The van der Waals surface area contributed by atoms with Crippen molar-refractivity contribution in [2.24, 2.45) is 0 Å². The van der Waals surface area contributed by atoms with Crippen molar-refractivity contribution in [3.05, 3.63) is 52.0 Å². The van der Waals surface area contributed by atoms with Crippen LogP contribution in [-0.2, 0) is 0 Å². The van der Waals surface area contributed by atoms with Gasteiger partial charge in [0.05, 0.1) is 22.6 Å². The Kier molecular flexibility index (Phi) is 3.54. The van der Waals surface area contributed by atoms with Crippen molar-refractivity contribution < 1.29 is 0 Å².